The zero-order valence-corrected chi connectivity index (χ0v) is 12.2. The second-order valence-electron chi connectivity index (χ2n) is 5.46. The van der Waals surface area contributed by atoms with Crippen LogP contribution in [-0.2, 0) is 6.42 Å². The zero-order chi connectivity index (χ0) is 13.2. The van der Waals surface area contributed by atoms with Crippen LogP contribution < -0.4 is 5.32 Å². The maximum Gasteiger partial charge on any atom is 0.105 e. The molecule has 0 radical (unpaired) electrons. The quantitative estimate of drug-likeness (QED) is 0.617. The van der Waals surface area contributed by atoms with Gasteiger partial charge in [0.05, 0.1) is 6.26 Å². The van der Waals surface area contributed by atoms with Gasteiger partial charge in [-0.1, -0.05) is 39.0 Å². The van der Waals surface area contributed by atoms with Gasteiger partial charge < -0.3 is 9.73 Å². The number of rotatable bonds is 10. The molecule has 1 aromatic rings. The van der Waals surface area contributed by atoms with Crippen LogP contribution in [0.4, 0.5) is 0 Å². The van der Waals surface area contributed by atoms with Gasteiger partial charge in [-0.15, -0.1) is 0 Å². The molecule has 0 fully saturated rings. The van der Waals surface area contributed by atoms with Crippen molar-refractivity contribution >= 4 is 0 Å². The number of hydrogen-bond donors (Lipinski definition) is 1. The lowest BCUT2D eigenvalue weighted by atomic mass is 10.1. The number of nitrogens with one attached hydrogen (secondary N) is 1. The van der Waals surface area contributed by atoms with Gasteiger partial charge in [-0.2, -0.15) is 0 Å². The Labute approximate surface area is 112 Å². The van der Waals surface area contributed by atoms with Crippen LogP contribution in [-0.4, -0.2) is 12.1 Å². The van der Waals surface area contributed by atoms with Gasteiger partial charge >= 0.3 is 0 Å². The van der Waals surface area contributed by atoms with E-state index in [1.165, 1.54) is 38.5 Å². The van der Waals surface area contributed by atoms with E-state index in [-0.39, 0.29) is 0 Å². The van der Waals surface area contributed by atoms with Crippen LogP contribution in [0.5, 0.6) is 0 Å². The topological polar surface area (TPSA) is 25.2 Å². The summed E-state index contributed by atoms with van der Waals surface area (Å²) in [5.74, 6) is 1.07. The predicted molar refractivity (Wildman–Crippen MR) is 77.8 cm³/mol. The highest BCUT2D eigenvalue weighted by molar-refractivity contribution is 5.00. The SMILES string of the molecule is CCCCCCCC(C)NC(C)Cc1ccco1. The second-order valence-corrected chi connectivity index (χ2v) is 5.46. The van der Waals surface area contributed by atoms with Crippen LogP contribution in [0.3, 0.4) is 0 Å². The summed E-state index contributed by atoms with van der Waals surface area (Å²) in [7, 11) is 0. The van der Waals surface area contributed by atoms with Crippen LogP contribution in [0.1, 0.15) is 65.1 Å². The fourth-order valence-electron chi connectivity index (χ4n) is 2.41. The smallest absolute Gasteiger partial charge is 0.105 e. The molecule has 0 aliphatic rings. The Morgan fingerprint density at radius 1 is 1.11 bits per heavy atom. The molecule has 1 rings (SSSR count). The molecular formula is C16H29NO. The second kappa shape index (κ2) is 9.21. The summed E-state index contributed by atoms with van der Waals surface area (Å²) in [5.41, 5.74) is 0. The Kier molecular flexibility index (Phi) is 7.83. The van der Waals surface area contributed by atoms with Crippen molar-refractivity contribution in [1.82, 2.24) is 5.32 Å². The van der Waals surface area contributed by atoms with Gasteiger partial charge in [0.1, 0.15) is 5.76 Å². The minimum atomic E-state index is 0.488. The molecule has 0 saturated carbocycles. The van der Waals surface area contributed by atoms with Crippen LogP contribution in [0, 0.1) is 0 Å². The van der Waals surface area contributed by atoms with E-state index in [0.717, 1.165) is 12.2 Å². The van der Waals surface area contributed by atoms with E-state index in [4.69, 9.17) is 4.42 Å². The summed E-state index contributed by atoms with van der Waals surface area (Å²) < 4.78 is 5.37. The van der Waals surface area contributed by atoms with Crippen molar-refractivity contribution in [2.75, 3.05) is 0 Å². The van der Waals surface area contributed by atoms with Gasteiger partial charge in [0.15, 0.2) is 0 Å². The van der Waals surface area contributed by atoms with Crippen molar-refractivity contribution < 1.29 is 4.42 Å². The molecule has 2 atom stereocenters. The van der Waals surface area contributed by atoms with Crippen LogP contribution in [0.15, 0.2) is 22.8 Å². The molecule has 0 saturated heterocycles. The Bertz CT molecular complexity index is 281. The van der Waals surface area contributed by atoms with E-state index in [1.54, 1.807) is 6.26 Å². The minimum Gasteiger partial charge on any atom is -0.469 e. The molecule has 0 amide bonds. The van der Waals surface area contributed by atoms with Crippen LogP contribution in [0.25, 0.3) is 0 Å². The molecule has 0 bridgehead atoms. The molecule has 1 N–H and O–H groups in total. The van der Waals surface area contributed by atoms with Crippen molar-refractivity contribution in [2.24, 2.45) is 0 Å². The Balaban J connectivity index is 2.06. The summed E-state index contributed by atoms with van der Waals surface area (Å²) in [6.45, 7) is 6.79. The van der Waals surface area contributed by atoms with Crippen LogP contribution in [0.2, 0.25) is 0 Å². The normalized spacial score (nSPS) is 14.6. The predicted octanol–water partition coefficient (Wildman–Crippen LogP) is 4.55. The fourth-order valence-corrected chi connectivity index (χ4v) is 2.41. The molecule has 0 aliphatic carbocycles. The van der Waals surface area contributed by atoms with Gasteiger partial charge in [-0.05, 0) is 32.4 Å². The summed E-state index contributed by atoms with van der Waals surface area (Å²) >= 11 is 0. The first-order chi connectivity index (χ1) is 8.72. The van der Waals surface area contributed by atoms with Crippen molar-refractivity contribution in [3.05, 3.63) is 24.2 Å². The van der Waals surface area contributed by atoms with Crippen molar-refractivity contribution in [3.63, 3.8) is 0 Å². The highest BCUT2D eigenvalue weighted by atomic mass is 16.3. The van der Waals surface area contributed by atoms with Gasteiger partial charge in [0.25, 0.3) is 0 Å². The molecule has 0 spiro atoms. The van der Waals surface area contributed by atoms with E-state index in [2.05, 4.69) is 26.1 Å². The van der Waals surface area contributed by atoms with E-state index in [9.17, 15) is 0 Å². The summed E-state index contributed by atoms with van der Waals surface area (Å²) in [6.07, 6.45) is 10.8. The fraction of sp³-hybridized carbons (Fsp3) is 0.750. The Morgan fingerprint density at radius 3 is 2.56 bits per heavy atom. The molecule has 18 heavy (non-hydrogen) atoms. The molecule has 2 heteroatoms. The third-order valence-electron chi connectivity index (χ3n) is 3.40. The maximum absolute atomic E-state index is 5.37. The average molecular weight is 251 g/mol. The highest BCUT2D eigenvalue weighted by Crippen LogP contribution is 2.09. The molecule has 1 heterocycles. The number of hydrogen-bond acceptors (Lipinski definition) is 2. The first kappa shape index (κ1) is 15.3. The first-order valence-electron chi connectivity index (χ1n) is 7.50. The number of furan rings is 1. The van der Waals surface area contributed by atoms with E-state index >= 15 is 0 Å². The lowest BCUT2D eigenvalue weighted by Gasteiger charge is -2.19. The summed E-state index contributed by atoms with van der Waals surface area (Å²) in [4.78, 5) is 0. The monoisotopic (exact) mass is 251 g/mol. The average Bonchev–Trinajstić information content (AvgIpc) is 2.81. The van der Waals surface area contributed by atoms with Gasteiger partial charge in [-0.3, -0.25) is 0 Å². The van der Waals surface area contributed by atoms with Crippen molar-refractivity contribution in [3.8, 4) is 0 Å². The van der Waals surface area contributed by atoms with Crippen LogP contribution >= 0.6 is 0 Å². The zero-order valence-electron chi connectivity index (χ0n) is 12.2. The van der Waals surface area contributed by atoms with Crippen molar-refractivity contribution in [1.29, 1.82) is 0 Å². The largest absolute Gasteiger partial charge is 0.469 e. The highest BCUT2D eigenvalue weighted by Gasteiger charge is 2.09. The third-order valence-corrected chi connectivity index (χ3v) is 3.40. The Hall–Kier alpha value is -0.760. The molecular weight excluding hydrogens is 222 g/mol. The maximum atomic E-state index is 5.37. The first-order valence-corrected chi connectivity index (χ1v) is 7.50. The van der Waals surface area contributed by atoms with Gasteiger partial charge in [0.2, 0.25) is 0 Å². The van der Waals surface area contributed by atoms with Crippen molar-refractivity contribution in [2.45, 2.75) is 77.8 Å². The Morgan fingerprint density at radius 2 is 1.89 bits per heavy atom. The standard InChI is InChI=1S/C16H29NO/c1-4-5-6-7-8-10-14(2)17-15(3)13-16-11-9-12-18-16/h9,11-12,14-15,17H,4-8,10,13H2,1-3H3. The van der Waals surface area contributed by atoms with Gasteiger partial charge in [-0.25, -0.2) is 0 Å². The molecule has 2 nitrogen and oxygen atoms in total. The van der Waals surface area contributed by atoms with Gasteiger partial charge in [0, 0.05) is 18.5 Å². The summed E-state index contributed by atoms with van der Waals surface area (Å²) in [5, 5.41) is 3.65. The summed E-state index contributed by atoms with van der Waals surface area (Å²) in [6, 6.07) is 5.10. The molecule has 0 aromatic carbocycles. The van der Waals surface area contributed by atoms with E-state index in [0.29, 0.717) is 12.1 Å². The molecule has 2 unspecified atom stereocenters. The van der Waals surface area contributed by atoms with E-state index < -0.39 is 0 Å². The lowest BCUT2D eigenvalue weighted by Crippen LogP contribution is -2.35. The van der Waals surface area contributed by atoms with E-state index in [1.807, 2.05) is 12.1 Å². The third kappa shape index (κ3) is 6.85. The number of unbranched alkanes of at least 4 members (excludes halogenated alkanes) is 4. The minimum absolute atomic E-state index is 0.488. The molecule has 1 aromatic heterocycles. The lowest BCUT2D eigenvalue weighted by molar-refractivity contribution is 0.402. The molecule has 0 aliphatic heterocycles. The molecule has 104 valence electrons.